The van der Waals surface area contributed by atoms with E-state index in [2.05, 4.69) is 5.32 Å². The molecule has 0 aliphatic carbocycles. The predicted octanol–water partition coefficient (Wildman–Crippen LogP) is 3.20. The van der Waals surface area contributed by atoms with Crippen molar-refractivity contribution in [2.45, 2.75) is 56.6 Å². The first-order chi connectivity index (χ1) is 15.0. The number of carbonyl (C=O) groups excluding carboxylic acids is 4. The number of aryl methyl sites for hydroxylation is 1. The normalized spacial score (nSPS) is 12.1. The van der Waals surface area contributed by atoms with Crippen molar-refractivity contribution in [3.63, 3.8) is 0 Å². The Morgan fingerprint density at radius 1 is 1.09 bits per heavy atom. The highest BCUT2D eigenvalue weighted by Crippen LogP contribution is 2.26. The fraction of sp³-hybridized carbons (Fsp3) is 0.619. The summed E-state index contributed by atoms with van der Waals surface area (Å²) in [7, 11) is 2.38. The summed E-state index contributed by atoms with van der Waals surface area (Å²) in [6.45, 7) is 7.44. The summed E-state index contributed by atoms with van der Waals surface area (Å²) in [6.07, 6.45) is 0.470. The van der Waals surface area contributed by atoms with Gasteiger partial charge < -0.3 is 24.3 Å². The molecule has 1 unspecified atom stereocenters. The SMILES string of the molecule is CCOC(=O)c1ccc(CCC(CNC(=O)OC(C)(C)C)SC(C(=O)OC)C(=O)OC)s1. The maximum absolute atomic E-state index is 12.1. The minimum absolute atomic E-state index is 0.153. The Balaban J connectivity index is 2.88. The highest BCUT2D eigenvalue weighted by atomic mass is 32.2. The van der Waals surface area contributed by atoms with Crippen molar-refractivity contribution in [3.8, 4) is 0 Å². The zero-order valence-corrected chi connectivity index (χ0v) is 20.9. The third-order valence-electron chi connectivity index (χ3n) is 3.88. The number of nitrogens with one attached hydrogen (secondary N) is 1. The van der Waals surface area contributed by atoms with Crippen molar-refractivity contribution in [2.24, 2.45) is 0 Å². The van der Waals surface area contributed by atoms with Gasteiger partial charge in [0, 0.05) is 16.7 Å². The summed E-state index contributed by atoms with van der Waals surface area (Å²) in [6, 6.07) is 3.53. The Labute approximate surface area is 196 Å². The summed E-state index contributed by atoms with van der Waals surface area (Å²) >= 11 is 2.37. The molecule has 0 fully saturated rings. The van der Waals surface area contributed by atoms with Crippen LogP contribution in [0.3, 0.4) is 0 Å². The number of alkyl carbamates (subject to hydrolysis) is 1. The zero-order chi connectivity index (χ0) is 24.3. The smallest absolute Gasteiger partial charge is 0.407 e. The van der Waals surface area contributed by atoms with Gasteiger partial charge in [0.15, 0.2) is 5.25 Å². The average molecular weight is 490 g/mol. The Bertz CT molecular complexity index is 771. The van der Waals surface area contributed by atoms with Gasteiger partial charge in [-0.05, 0) is 52.7 Å². The second-order valence-electron chi connectivity index (χ2n) is 7.59. The molecule has 0 radical (unpaired) electrons. The second-order valence-corrected chi connectivity index (χ2v) is 10.2. The van der Waals surface area contributed by atoms with E-state index in [9.17, 15) is 19.2 Å². The molecule has 1 N–H and O–H groups in total. The van der Waals surface area contributed by atoms with E-state index in [0.29, 0.717) is 24.3 Å². The largest absolute Gasteiger partial charge is 0.468 e. The van der Waals surface area contributed by atoms with E-state index in [0.717, 1.165) is 16.6 Å². The number of esters is 3. The average Bonchev–Trinajstić information content (AvgIpc) is 3.20. The first-order valence-electron chi connectivity index (χ1n) is 10.0. The molecule has 1 atom stereocenters. The number of rotatable bonds is 11. The first kappa shape index (κ1) is 27.8. The van der Waals surface area contributed by atoms with Crippen LogP contribution < -0.4 is 5.32 Å². The molecule has 32 heavy (non-hydrogen) atoms. The minimum atomic E-state index is -1.19. The van der Waals surface area contributed by atoms with Crippen LogP contribution in [0.2, 0.25) is 0 Å². The lowest BCUT2D eigenvalue weighted by Crippen LogP contribution is -2.38. The van der Waals surface area contributed by atoms with Gasteiger partial charge in [-0.2, -0.15) is 0 Å². The van der Waals surface area contributed by atoms with Crippen molar-refractivity contribution in [2.75, 3.05) is 27.4 Å². The number of carbonyl (C=O) groups is 4. The first-order valence-corrected chi connectivity index (χ1v) is 11.8. The van der Waals surface area contributed by atoms with Crippen LogP contribution in [0.15, 0.2) is 12.1 Å². The molecule has 0 saturated carbocycles. The third-order valence-corrected chi connectivity index (χ3v) is 6.45. The summed E-state index contributed by atoms with van der Waals surface area (Å²) < 4.78 is 19.7. The standard InChI is InChI=1S/C21H31NO8S2/c1-7-29-17(23)15-11-10-13(31-15)8-9-14(12-22-20(26)30-21(2,3)4)32-16(18(24)27-5)19(25)28-6/h10-11,14,16H,7-9,12H2,1-6H3,(H,22,26). The maximum atomic E-state index is 12.1. The van der Waals surface area contributed by atoms with Gasteiger partial charge in [-0.1, -0.05) is 0 Å². The lowest BCUT2D eigenvalue weighted by atomic mass is 10.2. The monoisotopic (exact) mass is 489 g/mol. The van der Waals surface area contributed by atoms with Crippen LogP contribution in [0.4, 0.5) is 4.79 Å². The molecule has 0 saturated heterocycles. The molecule has 0 aromatic carbocycles. The van der Waals surface area contributed by atoms with Crippen molar-refractivity contribution in [1.82, 2.24) is 5.32 Å². The van der Waals surface area contributed by atoms with Gasteiger partial charge in [-0.25, -0.2) is 9.59 Å². The van der Waals surface area contributed by atoms with Crippen LogP contribution in [0, 0.1) is 0 Å². The van der Waals surface area contributed by atoms with Gasteiger partial charge in [0.25, 0.3) is 0 Å². The molecule has 1 amide bonds. The Kier molecular flexibility index (Phi) is 11.6. The van der Waals surface area contributed by atoms with Crippen LogP contribution in [0.1, 0.15) is 48.7 Å². The number of ether oxygens (including phenoxy) is 4. The quantitative estimate of drug-likeness (QED) is 0.284. The van der Waals surface area contributed by atoms with Crippen molar-refractivity contribution < 1.29 is 38.1 Å². The summed E-state index contributed by atoms with van der Waals surface area (Å²) in [4.78, 5) is 49.5. The highest BCUT2D eigenvalue weighted by Gasteiger charge is 2.32. The van der Waals surface area contributed by atoms with Gasteiger partial charge in [0.2, 0.25) is 0 Å². The molecule has 0 aliphatic heterocycles. The Morgan fingerprint density at radius 3 is 2.25 bits per heavy atom. The molecule has 1 aromatic heterocycles. The number of hydrogen-bond acceptors (Lipinski definition) is 10. The van der Waals surface area contributed by atoms with Crippen molar-refractivity contribution >= 4 is 47.1 Å². The molecule has 0 bridgehead atoms. The topological polar surface area (TPSA) is 117 Å². The number of hydrogen-bond donors (Lipinski definition) is 1. The van der Waals surface area contributed by atoms with Crippen LogP contribution in [-0.4, -0.2) is 67.5 Å². The van der Waals surface area contributed by atoms with Crippen LogP contribution in [-0.2, 0) is 35.0 Å². The van der Waals surface area contributed by atoms with Crippen LogP contribution >= 0.6 is 23.1 Å². The van der Waals surface area contributed by atoms with Crippen LogP contribution in [0.5, 0.6) is 0 Å². The maximum Gasteiger partial charge on any atom is 0.407 e. The fourth-order valence-corrected chi connectivity index (χ4v) is 4.62. The lowest BCUT2D eigenvalue weighted by molar-refractivity contribution is -0.150. The molecule has 1 heterocycles. The predicted molar refractivity (Wildman–Crippen MR) is 122 cm³/mol. The summed E-state index contributed by atoms with van der Waals surface area (Å²) in [5.74, 6) is -1.84. The lowest BCUT2D eigenvalue weighted by Gasteiger charge is -2.23. The number of thiophene rings is 1. The molecule has 9 nitrogen and oxygen atoms in total. The second kappa shape index (κ2) is 13.3. The van der Waals surface area contributed by atoms with E-state index < -0.39 is 28.9 Å². The Morgan fingerprint density at radius 2 is 1.72 bits per heavy atom. The summed E-state index contributed by atoms with van der Waals surface area (Å²) in [5.41, 5.74) is -0.659. The molecular weight excluding hydrogens is 458 g/mol. The van der Waals surface area contributed by atoms with Crippen molar-refractivity contribution in [3.05, 3.63) is 21.9 Å². The van der Waals surface area contributed by atoms with E-state index in [1.807, 2.05) is 6.07 Å². The van der Waals surface area contributed by atoms with Crippen molar-refractivity contribution in [1.29, 1.82) is 0 Å². The van der Waals surface area contributed by atoms with Gasteiger partial charge in [-0.15, -0.1) is 23.1 Å². The summed E-state index contributed by atoms with van der Waals surface area (Å²) in [5, 5.41) is 1.16. The van der Waals surface area contributed by atoms with E-state index in [-0.39, 0.29) is 17.8 Å². The third kappa shape index (κ3) is 9.90. The Hall–Kier alpha value is -2.27. The minimum Gasteiger partial charge on any atom is -0.468 e. The van der Waals surface area contributed by atoms with E-state index in [4.69, 9.17) is 18.9 Å². The molecule has 11 heteroatoms. The van der Waals surface area contributed by atoms with Gasteiger partial charge in [0.05, 0.1) is 20.8 Å². The van der Waals surface area contributed by atoms with E-state index in [1.165, 1.54) is 25.6 Å². The van der Waals surface area contributed by atoms with Gasteiger partial charge in [0.1, 0.15) is 10.5 Å². The van der Waals surface area contributed by atoms with Gasteiger partial charge in [-0.3, -0.25) is 9.59 Å². The zero-order valence-electron chi connectivity index (χ0n) is 19.2. The van der Waals surface area contributed by atoms with E-state index in [1.54, 1.807) is 33.8 Å². The fourth-order valence-electron chi connectivity index (χ4n) is 2.47. The number of thioether (sulfide) groups is 1. The van der Waals surface area contributed by atoms with Crippen LogP contribution in [0.25, 0.3) is 0 Å². The molecule has 1 rings (SSSR count). The van der Waals surface area contributed by atoms with E-state index >= 15 is 0 Å². The molecule has 0 aliphatic rings. The molecule has 1 aromatic rings. The molecule has 0 spiro atoms. The number of amides is 1. The van der Waals surface area contributed by atoms with Gasteiger partial charge >= 0.3 is 24.0 Å². The molecular formula is C21H31NO8S2. The number of methoxy groups -OCH3 is 2. The molecule has 180 valence electrons. The highest BCUT2D eigenvalue weighted by molar-refractivity contribution is 8.01.